The predicted molar refractivity (Wildman–Crippen MR) is 76.9 cm³/mol. The summed E-state index contributed by atoms with van der Waals surface area (Å²) in [7, 11) is 0. The van der Waals surface area contributed by atoms with E-state index in [1.807, 2.05) is 24.4 Å². The Kier molecular flexibility index (Phi) is 3.31. The summed E-state index contributed by atoms with van der Waals surface area (Å²) in [6, 6.07) is 5.71. The van der Waals surface area contributed by atoms with Crippen LogP contribution in [0.3, 0.4) is 0 Å². The van der Waals surface area contributed by atoms with Crippen LogP contribution in [-0.2, 0) is 17.8 Å². The van der Waals surface area contributed by atoms with E-state index in [1.165, 1.54) is 0 Å². The largest absolute Gasteiger partial charge is 0.352 e. The number of nitrogens with one attached hydrogen (secondary N) is 3. The summed E-state index contributed by atoms with van der Waals surface area (Å²) < 4.78 is 1.75. The van der Waals surface area contributed by atoms with Gasteiger partial charge in [0, 0.05) is 30.2 Å². The van der Waals surface area contributed by atoms with E-state index in [4.69, 9.17) is 0 Å². The number of fused-ring (bicyclic) bond motifs is 1. The van der Waals surface area contributed by atoms with Crippen LogP contribution in [0.25, 0.3) is 5.52 Å². The number of hydrogen-bond donors (Lipinski definition) is 3. The fourth-order valence-corrected chi connectivity index (χ4v) is 2.26. The maximum absolute atomic E-state index is 12.0. The highest BCUT2D eigenvalue weighted by Gasteiger charge is 2.11. The summed E-state index contributed by atoms with van der Waals surface area (Å²) in [4.78, 5) is 23.5. The monoisotopic (exact) mass is 285 g/mol. The lowest BCUT2D eigenvalue weighted by molar-refractivity contribution is -0.120. The van der Waals surface area contributed by atoms with Gasteiger partial charge >= 0.3 is 0 Å². The summed E-state index contributed by atoms with van der Waals surface area (Å²) in [6.45, 7) is 2.16. The lowest BCUT2D eigenvalue weighted by Gasteiger charge is -2.06. The van der Waals surface area contributed by atoms with Crippen molar-refractivity contribution >= 4 is 11.4 Å². The predicted octanol–water partition coefficient (Wildman–Crippen LogP) is 0.518. The van der Waals surface area contributed by atoms with Gasteiger partial charge in [-0.2, -0.15) is 5.10 Å². The molecule has 0 radical (unpaired) electrons. The number of amides is 1. The zero-order chi connectivity index (χ0) is 14.8. The summed E-state index contributed by atoms with van der Waals surface area (Å²) in [5, 5.41) is 12.1. The number of aryl methyl sites for hydroxylation is 1. The Labute approximate surface area is 120 Å². The lowest BCUT2D eigenvalue weighted by Crippen LogP contribution is -2.26. The molecule has 1 amide bonds. The maximum atomic E-state index is 12.0. The quantitative estimate of drug-likeness (QED) is 0.652. The molecule has 0 aliphatic carbocycles. The third-order valence-corrected chi connectivity index (χ3v) is 3.43. The molecule has 0 bridgehead atoms. The van der Waals surface area contributed by atoms with Crippen LogP contribution in [0.4, 0.5) is 0 Å². The first kappa shape index (κ1) is 13.2. The third kappa shape index (κ3) is 2.58. The minimum Gasteiger partial charge on any atom is -0.352 e. The van der Waals surface area contributed by atoms with E-state index in [2.05, 4.69) is 20.6 Å². The van der Waals surface area contributed by atoms with Crippen LogP contribution in [0, 0.1) is 6.92 Å². The van der Waals surface area contributed by atoms with E-state index in [0.717, 1.165) is 11.1 Å². The average Bonchev–Trinajstić information content (AvgIpc) is 3.07. The summed E-state index contributed by atoms with van der Waals surface area (Å²) in [5.41, 5.74) is 2.83. The molecule has 3 heterocycles. The molecule has 3 rings (SSSR count). The second-order valence-electron chi connectivity index (χ2n) is 4.83. The van der Waals surface area contributed by atoms with Gasteiger partial charge < -0.3 is 10.4 Å². The van der Waals surface area contributed by atoms with Crippen molar-refractivity contribution in [3.63, 3.8) is 0 Å². The first-order chi connectivity index (χ1) is 10.1. The summed E-state index contributed by atoms with van der Waals surface area (Å²) in [5.74, 6) is -0.190. The number of rotatable bonds is 4. The zero-order valence-corrected chi connectivity index (χ0v) is 11.5. The van der Waals surface area contributed by atoms with E-state index in [-0.39, 0.29) is 17.9 Å². The topological polar surface area (TPSA) is 95.0 Å². The third-order valence-electron chi connectivity index (χ3n) is 3.43. The van der Waals surface area contributed by atoms with Gasteiger partial charge in [-0.1, -0.05) is 6.07 Å². The first-order valence-corrected chi connectivity index (χ1v) is 6.59. The summed E-state index contributed by atoms with van der Waals surface area (Å²) in [6.07, 6.45) is 3.62. The second kappa shape index (κ2) is 5.28. The maximum Gasteiger partial charge on any atom is 0.267 e. The highest BCUT2D eigenvalue weighted by molar-refractivity contribution is 5.79. The van der Waals surface area contributed by atoms with Crippen molar-refractivity contribution in [2.45, 2.75) is 19.9 Å². The molecule has 0 fully saturated rings. The molecule has 0 aliphatic rings. The SMILES string of the molecule is Cc1[nH][nH]c(=O)c1CC(=O)NCc1cccn2nccc12. The number of hydrogen-bond acceptors (Lipinski definition) is 3. The van der Waals surface area contributed by atoms with E-state index in [0.29, 0.717) is 17.8 Å². The van der Waals surface area contributed by atoms with Gasteiger partial charge in [-0.05, 0) is 24.6 Å². The van der Waals surface area contributed by atoms with Crippen molar-refractivity contribution in [2.24, 2.45) is 0 Å². The second-order valence-corrected chi connectivity index (χ2v) is 4.83. The van der Waals surface area contributed by atoms with Crippen LogP contribution >= 0.6 is 0 Å². The molecule has 0 saturated heterocycles. The highest BCUT2D eigenvalue weighted by atomic mass is 16.2. The first-order valence-electron chi connectivity index (χ1n) is 6.59. The smallest absolute Gasteiger partial charge is 0.267 e. The number of carbonyl (C=O) groups excluding carboxylic acids is 1. The van der Waals surface area contributed by atoms with Crippen LogP contribution in [0.1, 0.15) is 16.8 Å². The highest BCUT2D eigenvalue weighted by Crippen LogP contribution is 2.09. The van der Waals surface area contributed by atoms with Gasteiger partial charge in [-0.15, -0.1) is 0 Å². The molecule has 0 unspecified atom stereocenters. The number of H-pyrrole nitrogens is 2. The van der Waals surface area contributed by atoms with Crippen molar-refractivity contribution in [1.82, 2.24) is 25.1 Å². The lowest BCUT2D eigenvalue weighted by atomic mass is 10.1. The molecule has 0 aliphatic heterocycles. The van der Waals surface area contributed by atoms with Gasteiger partial charge in [0.1, 0.15) is 0 Å². The molecule has 0 atom stereocenters. The van der Waals surface area contributed by atoms with Gasteiger partial charge in [0.25, 0.3) is 5.56 Å². The Morgan fingerprint density at radius 1 is 1.38 bits per heavy atom. The van der Waals surface area contributed by atoms with E-state index in [1.54, 1.807) is 17.6 Å². The molecule has 7 heteroatoms. The fourth-order valence-electron chi connectivity index (χ4n) is 2.26. The molecule has 0 spiro atoms. The molecular formula is C14H15N5O2. The van der Waals surface area contributed by atoms with Gasteiger partial charge in [0.05, 0.1) is 11.9 Å². The zero-order valence-electron chi connectivity index (χ0n) is 11.5. The number of aromatic nitrogens is 4. The van der Waals surface area contributed by atoms with Crippen molar-refractivity contribution in [2.75, 3.05) is 0 Å². The van der Waals surface area contributed by atoms with E-state index in [9.17, 15) is 9.59 Å². The van der Waals surface area contributed by atoms with E-state index >= 15 is 0 Å². The Balaban J connectivity index is 1.69. The number of nitrogens with zero attached hydrogens (tertiary/aromatic N) is 2. The van der Waals surface area contributed by atoms with Crippen LogP contribution in [0.15, 0.2) is 35.4 Å². The van der Waals surface area contributed by atoms with Crippen molar-refractivity contribution in [3.8, 4) is 0 Å². The van der Waals surface area contributed by atoms with Gasteiger partial charge in [-0.3, -0.25) is 14.7 Å². The van der Waals surface area contributed by atoms with E-state index < -0.39 is 0 Å². The van der Waals surface area contributed by atoms with Crippen LogP contribution in [-0.4, -0.2) is 25.7 Å². The molecule has 0 saturated carbocycles. The Hall–Kier alpha value is -2.83. The van der Waals surface area contributed by atoms with Crippen molar-refractivity contribution in [3.05, 3.63) is 57.8 Å². The molecule has 108 valence electrons. The number of aromatic amines is 2. The number of pyridine rings is 1. The summed E-state index contributed by atoms with van der Waals surface area (Å²) >= 11 is 0. The fraction of sp³-hybridized carbons (Fsp3) is 0.214. The molecule has 21 heavy (non-hydrogen) atoms. The van der Waals surface area contributed by atoms with Crippen LogP contribution in [0.2, 0.25) is 0 Å². The minimum atomic E-state index is -0.249. The van der Waals surface area contributed by atoms with Crippen molar-refractivity contribution in [1.29, 1.82) is 0 Å². The Morgan fingerprint density at radius 2 is 2.24 bits per heavy atom. The molecule has 0 aromatic carbocycles. The molecule has 3 N–H and O–H groups in total. The standard InChI is InChI=1S/C14H15N5O2/c1-9-11(14(21)18-17-9)7-13(20)15-8-10-3-2-6-19-12(10)4-5-16-19/h2-6H,7-8H2,1H3,(H,15,20)(H2,17,18,21). The Morgan fingerprint density at radius 3 is 3.00 bits per heavy atom. The van der Waals surface area contributed by atoms with Gasteiger partial charge in [-0.25, -0.2) is 4.52 Å². The number of carbonyl (C=O) groups is 1. The molecule has 3 aromatic heterocycles. The molecular weight excluding hydrogens is 270 g/mol. The van der Waals surface area contributed by atoms with Gasteiger partial charge in [0.2, 0.25) is 5.91 Å². The minimum absolute atomic E-state index is 0.0625. The normalized spacial score (nSPS) is 10.9. The van der Waals surface area contributed by atoms with Crippen molar-refractivity contribution < 1.29 is 4.79 Å². The van der Waals surface area contributed by atoms with Gasteiger partial charge in [0.15, 0.2) is 0 Å². The Bertz CT molecular complexity index is 842. The van der Waals surface area contributed by atoms with Crippen LogP contribution in [0.5, 0.6) is 0 Å². The van der Waals surface area contributed by atoms with Crippen LogP contribution < -0.4 is 10.9 Å². The average molecular weight is 285 g/mol. The molecule has 3 aromatic rings. The molecule has 7 nitrogen and oxygen atoms in total.